The van der Waals surface area contributed by atoms with Crippen LogP contribution < -0.4 is 10.1 Å². The van der Waals surface area contributed by atoms with Crippen molar-refractivity contribution in [3.63, 3.8) is 0 Å². The molecular weight excluding hydrogens is 388 g/mol. The molecule has 1 atom stereocenters. The first-order valence-electron chi connectivity index (χ1n) is 6.62. The van der Waals surface area contributed by atoms with E-state index in [2.05, 4.69) is 37.2 Å². The molecule has 1 N–H and O–H groups in total. The molecule has 1 saturated heterocycles. The van der Waals surface area contributed by atoms with Crippen molar-refractivity contribution in [1.82, 2.24) is 10.2 Å². The van der Waals surface area contributed by atoms with Crippen molar-refractivity contribution in [2.24, 2.45) is 0 Å². The highest BCUT2D eigenvalue weighted by Crippen LogP contribution is 2.33. The molecular formula is C14H18Br2N2O2. The summed E-state index contributed by atoms with van der Waals surface area (Å²) in [6.45, 7) is 3.99. The van der Waals surface area contributed by atoms with Crippen LogP contribution in [0.15, 0.2) is 21.1 Å². The van der Waals surface area contributed by atoms with E-state index in [0.29, 0.717) is 13.2 Å². The van der Waals surface area contributed by atoms with Crippen molar-refractivity contribution in [2.45, 2.75) is 25.9 Å². The molecule has 0 aromatic heterocycles. The van der Waals surface area contributed by atoms with Crippen molar-refractivity contribution in [3.8, 4) is 5.75 Å². The fourth-order valence-electron chi connectivity index (χ4n) is 2.30. The molecule has 4 nitrogen and oxygen atoms in total. The highest BCUT2D eigenvalue weighted by atomic mass is 79.9. The standard InChI is InChI=1S/C14H18Br2N2O2/c1-3-20-13-9(6-10(15)7-11(13)16)8-17-12-4-5-18(2)14(12)19/h6-7,12,17H,3-5,8H2,1-2H3. The van der Waals surface area contributed by atoms with Crippen LogP contribution in [0.3, 0.4) is 0 Å². The third-order valence-corrected chi connectivity index (χ3v) is 4.39. The Hall–Kier alpha value is -0.590. The number of carbonyl (C=O) groups excluding carboxylic acids is 1. The van der Waals surface area contributed by atoms with Crippen LogP contribution in [0.2, 0.25) is 0 Å². The number of halogens is 2. The first kappa shape index (κ1) is 15.8. The van der Waals surface area contributed by atoms with Crippen molar-refractivity contribution >= 4 is 37.8 Å². The zero-order valence-corrected chi connectivity index (χ0v) is 14.8. The predicted molar refractivity (Wildman–Crippen MR) is 85.9 cm³/mol. The first-order chi connectivity index (χ1) is 9.52. The van der Waals surface area contributed by atoms with E-state index in [-0.39, 0.29) is 11.9 Å². The van der Waals surface area contributed by atoms with Gasteiger partial charge >= 0.3 is 0 Å². The first-order valence-corrected chi connectivity index (χ1v) is 8.20. The molecule has 1 aromatic carbocycles. The summed E-state index contributed by atoms with van der Waals surface area (Å²) in [6.07, 6.45) is 0.856. The van der Waals surface area contributed by atoms with E-state index in [9.17, 15) is 4.79 Å². The second-order valence-corrected chi connectivity index (χ2v) is 6.56. The van der Waals surface area contributed by atoms with Gasteiger partial charge in [0.1, 0.15) is 5.75 Å². The summed E-state index contributed by atoms with van der Waals surface area (Å²) in [7, 11) is 1.84. The zero-order chi connectivity index (χ0) is 14.7. The molecule has 0 bridgehead atoms. The number of likely N-dealkylation sites (tertiary alicyclic amines) is 1. The number of carbonyl (C=O) groups is 1. The van der Waals surface area contributed by atoms with E-state index < -0.39 is 0 Å². The van der Waals surface area contributed by atoms with Crippen molar-refractivity contribution in [2.75, 3.05) is 20.2 Å². The fraction of sp³-hybridized carbons (Fsp3) is 0.500. The van der Waals surface area contributed by atoms with Gasteiger partial charge in [-0.2, -0.15) is 0 Å². The van der Waals surface area contributed by atoms with Crippen LogP contribution in [0, 0.1) is 0 Å². The molecule has 1 fully saturated rings. The van der Waals surface area contributed by atoms with Crippen molar-refractivity contribution in [3.05, 3.63) is 26.6 Å². The van der Waals surface area contributed by atoms with Crippen LogP contribution in [0.25, 0.3) is 0 Å². The van der Waals surface area contributed by atoms with Gasteiger partial charge in [0.25, 0.3) is 0 Å². The van der Waals surface area contributed by atoms with Gasteiger partial charge < -0.3 is 15.0 Å². The number of hydrogen-bond donors (Lipinski definition) is 1. The predicted octanol–water partition coefficient (Wildman–Crippen LogP) is 2.93. The number of rotatable bonds is 5. The van der Waals surface area contributed by atoms with Crippen molar-refractivity contribution < 1.29 is 9.53 Å². The van der Waals surface area contributed by atoms with E-state index in [0.717, 1.165) is 33.2 Å². The Morgan fingerprint density at radius 2 is 2.20 bits per heavy atom. The Kier molecular flexibility index (Phi) is 5.46. The molecule has 6 heteroatoms. The molecule has 0 aliphatic carbocycles. The van der Waals surface area contributed by atoms with E-state index in [4.69, 9.17) is 4.74 Å². The van der Waals surface area contributed by atoms with E-state index in [1.54, 1.807) is 4.90 Å². The molecule has 1 unspecified atom stereocenters. The Bertz CT molecular complexity index is 508. The summed E-state index contributed by atoms with van der Waals surface area (Å²) in [5.41, 5.74) is 1.04. The summed E-state index contributed by atoms with van der Waals surface area (Å²) in [5.74, 6) is 0.999. The normalized spacial score (nSPS) is 18.7. The van der Waals surface area contributed by atoms with Crippen LogP contribution in [0.5, 0.6) is 5.75 Å². The number of benzene rings is 1. The Morgan fingerprint density at radius 3 is 2.80 bits per heavy atom. The number of ether oxygens (including phenoxy) is 1. The minimum Gasteiger partial charge on any atom is -0.492 e. The lowest BCUT2D eigenvalue weighted by Gasteiger charge is -2.16. The third kappa shape index (κ3) is 3.54. The monoisotopic (exact) mass is 404 g/mol. The lowest BCUT2D eigenvalue weighted by Crippen LogP contribution is -2.36. The molecule has 0 spiro atoms. The van der Waals surface area contributed by atoms with Gasteiger partial charge in [-0.3, -0.25) is 4.79 Å². The number of amides is 1. The summed E-state index contributed by atoms with van der Waals surface area (Å²) >= 11 is 7.00. The number of hydrogen-bond acceptors (Lipinski definition) is 3. The van der Waals surface area contributed by atoms with Gasteiger partial charge in [-0.1, -0.05) is 15.9 Å². The van der Waals surface area contributed by atoms with Crippen LogP contribution in [-0.4, -0.2) is 37.0 Å². The van der Waals surface area contributed by atoms with E-state index in [1.165, 1.54) is 0 Å². The summed E-state index contributed by atoms with van der Waals surface area (Å²) in [4.78, 5) is 13.6. The van der Waals surface area contributed by atoms with Crippen LogP contribution >= 0.6 is 31.9 Å². The highest BCUT2D eigenvalue weighted by molar-refractivity contribution is 9.11. The van der Waals surface area contributed by atoms with Crippen molar-refractivity contribution in [1.29, 1.82) is 0 Å². The number of nitrogens with zero attached hydrogens (tertiary/aromatic N) is 1. The maximum absolute atomic E-state index is 11.9. The molecule has 2 rings (SSSR count). The molecule has 1 aromatic rings. The van der Waals surface area contributed by atoms with Gasteiger partial charge in [0, 0.05) is 30.2 Å². The maximum Gasteiger partial charge on any atom is 0.239 e. The van der Waals surface area contributed by atoms with Gasteiger partial charge in [0.2, 0.25) is 5.91 Å². The zero-order valence-electron chi connectivity index (χ0n) is 11.6. The summed E-state index contributed by atoms with van der Waals surface area (Å²) in [6, 6.07) is 3.89. The van der Waals surface area contributed by atoms with Crippen LogP contribution in [-0.2, 0) is 11.3 Å². The molecule has 1 aliphatic rings. The largest absolute Gasteiger partial charge is 0.492 e. The number of likely N-dealkylation sites (N-methyl/N-ethyl adjacent to an activating group) is 1. The number of nitrogens with one attached hydrogen (secondary N) is 1. The van der Waals surface area contributed by atoms with E-state index >= 15 is 0 Å². The summed E-state index contributed by atoms with van der Waals surface area (Å²) in [5, 5.41) is 3.32. The summed E-state index contributed by atoms with van der Waals surface area (Å²) < 4.78 is 7.59. The average molecular weight is 406 g/mol. The third-order valence-electron chi connectivity index (χ3n) is 3.34. The quantitative estimate of drug-likeness (QED) is 0.818. The average Bonchev–Trinajstić information content (AvgIpc) is 2.71. The Morgan fingerprint density at radius 1 is 1.45 bits per heavy atom. The smallest absolute Gasteiger partial charge is 0.239 e. The maximum atomic E-state index is 11.9. The van der Waals surface area contributed by atoms with Gasteiger partial charge in [0.15, 0.2) is 0 Å². The fourth-order valence-corrected chi connectivity index (χ4v) is 3.72. The lowest BCUT2D eigenvalue weighted by molar-refractivity contribution is -0.128. The second kappa shape index (κ2) is 6.91. The van der Waals surface area contributed by atoms with E-state index in [1.807, 2.05) is 26.1 Å². The molecule has 110 valence electrons. The molecule has 20 heavy (non-hydrogen) atoms. The minimum atomic E-state index is -0.0905. The van der Waals surface area contributed by atoms with Crippen LogP contribution in [0.1, 0.15) is 18.9 Å². The second-order valence-electron chi connectivity index (χ2n) is 4.79. The topological polar surface area (TPSA) is 41.6 Å². The molecule has 1 amide bonds. The van der Waals surface area contributed by atoms with Crippen LogP contribution in [0.4, 0.5) is 0 Å². The molecule has 0 radical (unpaired) electrons. The lowest BCUT2D eigenvalue weighted by atomic mass is 10.1. The molecule has 0 saturated carbocycles. The minimum absolute atomic E-state index is 0.0905. The highest BCUT2D eigenvalue weighted by Gasteiger charge is 2.28. The van der Waals surface area contributed by atoms with Gasteiger partial charge in [-0.15, -0.1) is 0 Å². The van der Waals surface area contributed by atoms with Gasteiger partial charge in [-0.05, 0) is 41.4 Å². The molecule has 1 heterocycles. The Labute approximate surface area is 136 Å². The van der Waals surface area contributed by atoms with Gasteiger partial charge in [-0.25, -0.2) is 0 Å². The molecule has 1 aliphatic heterocycles. The Balaban J connectivity index is 2.10. The van der Waals surface area contributed by atoms with Gasteiger partial charge in [0.05, 0.1) is 17.1 Å². The SMILES string of the molecule is CCOc1c(Br)cc(Br)cc1CNC1CCN(C)C1=O.